The van der Waals surface area contributed by atoms with Crippen LogP contribution in [0.15, 0.2) is 47.5 Å². The van der Waals surface area contributed by atoms with Gasteiger partial charge in [0.15, 0.2) is 4.80 Å². The number of hydrogen-bond acceptors (Lipinski definition) is 6. The number of halogens is 1. The first-order valence-corrected chi connectivity index (χ1v) is 9.46. The lowest BCUT2D eigenvalue weighted by Gasteiger charge is -2.05. The Hall–Kier alpha value is -3.33. The first-order valence-electron chi connectivity index (χ1n) is 8.65. The number of methoxy groups -OCH3 is 1. The van der Waals surface area contributed by atoms with E-state index in [2.05, 4.69) is 4.99 Å². The average molecular weight is 416 g/mol. The minimum absolute atomic E-state index is 0.152. The molecule has 0 saturated carbocycles. The number of rotatable bonds is 5. The van der Waals surface area contributed by atoms with Crippen molar-refractivity contribution in [1.29, 1.82) is 0 Å². The molecule has 0 spiro atoms. The van der Waals surface area contributed by atoms with Crippen LogP contribution >= 0.6 is 11.3 Å². The molecular formula is C20H17FN2O5S. The van der Waals surface area contributed by atoms with Gasteiger partial charge in [-0.15, -0.1) is 0 Å². The van der Waals surface area contributed by atoms with Crippen molar-refractivity contribution in [3.8, 4) is 0 Å². The predicted octanol–water partition coefficient (Wildman–Crippen LogP) is 2.93. The van der Waals surface area contributed by atoms with Crippen molar-refractivity contribution in [3.05, 3.63) is 64.2 Å². The molecule has 1 amide bonds. The molecule has 9 heteroatoms. The van der Waals surface area contributed by atoms with Crippen molar-refractivity contribution < 1.29 is 28.2 Å². The van der Waals surface area contributed by atoms with Crippen LogP contribution in [0.1, 0.15) is 27.6 Å². The number of aromatic nitrogens is 1. The monoisotopic (exact) mass is 416 g/mol. The van der Waals surface area contributed by atoms with Crippen LogP contribution in [-0.2, 0) is 20.8 Å². The topological polar surface area (TPSA) is 87.0 Å². The molecule has 2 aromatic carbocycles. The fourth-order valence-corrected chi connectivity index (χ4v) is 3.70. The number of benzene rings is 2. The average Bonchev–Trinajstić information content (AvgIpc) is 3.04. The van der Waals surface area contributed by atoms with Gasteiger partial charge in [0.2, 0.25) is 0 Å². The lowest BCUT2D eigenvalue weighted by atomic mass is 10.2. The van der Waals surface area contributed by atoms with E-state index in [0.717, 1.165) is 11.3 Å². The molecule has 0 unspecified atom stereocenters. The van der Waals surface area contributed by atoms with Crippen LogP contribution in [0.2, 0.25) is 0 Å². The van der Waals surface area contributed by atoms with Crippen LogP contribution < -0.4 is 4.80 Å². The molecule has 1 aromatic heterocycles. The van der Waals surface area contributed by atoms with Gasteiger partial charge < -0.3 is 14.0 Å². The van der Waals surface area contributed by atoms with E-state index in [1.807, 2.05) is 0 Å². The SMILES string of the molecule is CCOC(=O)Cn1c(=NC(=O)c2ccc(F)cc2)sc2cc(C(=O)OC)ccc21. The molecule has 29 heavy (non-hydrogen) atoms. The number of nitrogens with zero attached hydrogens (tertiary/aromatic N) is 2. The summed E-state index contributed by atoms with van der Waals surface area (Å²) in [4.78, 5) is 40.7. The van der Waals surface area contributed by atoms with Crippen molar-refractivity contribution in [2.24, 2.45) is 4.99 Å². The Bertz CT molecular complexity index is 1150. The van der Waals surface area contributed by atoms with Gasteiger partial charge in [0.25, 0.3) is 5.91 Å². The standard InChI is InChI=1S/C20H17FN2O5S/c1-3-28-17(24)11-23-15-9-6-13(19(26)27-2)10-16(15)29-20(23)22-18(25)12-4-7-14(21)8-5-12/h4-10H,3,11H2,1-2H3. The van der Waals surface area contributed by atoms with Crippen molar-refractivity contribution in [1.82, 2.24) is 4.57 Å². The van der Waals surface area contributed by atoms with E-state index in [4.69, 9.17) is 9.47 Å². The Balaban J connectivity index is 2.12. The third-order valence-corrected chi connectivity index (χ3v) is 5.03. The number of carbonyl (C=O) groups is 3. The van der Waals surface area contributed by atoms with Gasteiger partial charge in [0.1, 0.15) is 12.4 Å². The molecule has 0 aliphatic rings. The summed E-state index contributed by atoms with van der Waals surface area (Å²) in [6, 6.07) is 9.83. The van der Waals surface area contributed by atoms with Gasteiger partial charge >= 0.3 is 11.9 Å². The van der Waals surface area contributed by atoms with Gasteiger partial charge in [-0.2, -0.15) is 4.99 Å². The van der Waals surface area contributed by atoms with Gasteiger partial charge in [-0.25, -0.2) is 9.18 Å². The molecule has 0 aliphatic heterocycles. The maximum atomic E-state index is 13.1. The summed E-state index contributed by atoms with van der Waals surface area (Å²) in [6.45, 7) is 1.76. The van der Waals surface area contributed by atoms with E-state index in [1.54, 1.807) is 29.7 Å². The molecule has 3 rings (SSSR count). The number of hydrogen-bond donors (Lipinski definition) is 0. The van der Waals surface area contributed by atoms with Crippen LogP contribution in [0.3, 0.4) is 0 Å². The second-order valence-corrected chi connectivity index (χ2v) is 6.88. The van der Waals surface area contributed by atoms with E-state index in [-0.39, 0.29) is 23.5 Å². The molecule has 150 valence electrons. The molecule has 0 aliphatic carbocycles. The molecule has 1 heterocycles. The quantitative estimate of drug-likeness (QED) is 0.597. The normalized spacial score (nSPS) is 11.5. The Morgan fingerprint density at radius 3 is 2.45 bits per heavy atom. The Morgan fingerprint density at radius 1 is 1.10 bits per heavy atom. The highest BCUT2D eigenvalue weighted by Crippen LogP contribution is 2.20. The minimum atomic E-state index is -0.581. The summed E-state index contributed by atoms with van der Waals surface area (Å²) in [5, 5.41) is 0. The lowest BCUT2D eigenvalue weighted by Crippen LogP contribution is -2.23. The van der Waals surface area contributed by atoms with Crippen LogP contribution in [0, 0.1) is 5.82 Å². The molecule has 0 saturated heterocycles. The van der Waals surface area contributed by atoms with Gasteiger partial charge in [-0.05, 0) is 49.4 Å². The third-order valence-electron chi connectivity index (χ3n) is 3.98. The van der Waals surface area contributed by atoms with Gasteiger partial charge in [-0.3, -0.25) is 9.59 Å². The maximum absolute atomic E-state index is 13.1. The molecule has 0 atom stereocenters. The minimum Gasteiger partial charge on any atom is -0.465 e. The zero-order valence-electron chi connectivity index (χ0n) is 15.7. The van der Waals surface area contributed by atoms with Gasteiger partial charge in [-0.1, -0.05) is 11.3 Å². The molecule has 0 radical (unpaired) electrons. The van der Waals surface area contributed by atoms with E-state index in [1.165, 1.54) is 31.4 Å². The first-order chi connectivity index (χ1) is 13.9. The molecule has 0 bridgehead atoms. The Morgan fingerprint density at radius 2 is 1.79 bits per heavy atom. The highest BCUT2D eigenvalue weighted by atomic mass is 32.1. The smallest absolute Gasteiger partial charge is 0.337 e. The fraction of sp³-hybridized carbons (Fsp3) is 0.200. The summed E-state index contributed by atoms with van der Waals surface area (Å²) in [7, 11) is 1.28. The summed E-state index contributed by atoms with van der Waals surface area (Å²) in [5.41, 5.74) is 1.16. The van der Waals surface area contributed by atoms with Gasteiger partial charge in [0.05, 0.1) is 29.5 Å². The fourth-order valence-electron chi connectivity index (χ4n) is 2.64. The van der Waals surface area contributed by atoms with Gasteiger partial charge in [0, 0.05) is 5.56 Å². The van der Waals surface area contributed by atoms with E-state index >= 15 is 0 Å². The number of thiazole rings is 1. The second kappa shape index (κ2) is 8.78. The van der Waals surface area contributed by atoms with Crippen molar-refractivity contribution in [3.63, 3.8) is 0 Å². The lowest BCUT2D eigenvalue weighted by molar-refractivity contribution is -0.143. The molecule has 0 fully saturated rings. The highest BCUT2D eigenvalue weighted by Gasteiger charge is 2.15. The van der Waals surface area contributed by atoms with Crippen LogP contribution in [0.5, 0.6) is 0 Å². The summed E-state index contributed by atoms with van der Waals surface area (Å²) in [6.07, 6.45) is 0. The Labute approximate surface area is 169 Å². The number of fused-ring (bicyclic) bond motifs is 1. The van der Waals surface area contributed by atoms with Crippen molar-refractivity contribution in [2.45, 2.75) is 13.5 Å². The number of ether oxygens (including phenoxy) is 2. The summed E-state index contributed by atoms with van der Waals surface area (Å²) < 4.78 is 25.0. The second-order valence-electron chi connectivity index (χ2n) is 5.87. The Kier molecular flexibility index (Phi) is 6.18. The zero-order chi connectivity index (χ0) is 21.0. The van der Waals surface area contributed by atoms with Crippen molar-refractivity contribution in [2.75, 3.05) is 13.7 Å². The maximum Gasteiger partial charge on any atom is 0.337 e. The van der Waals surface area contributed by atoms with Crippen molar-refractivity contribution >= 4 is 39.4 Å². The zero-order valence-corrected chi connectivity index (χ0v) is 16.5. The number of esters is 2. The largest absolute Gasteiger partial charge is 0.465 e. The summed E-state index contributed by atoms with van der Waals surface area (Å²) in [5.74, 6) is -2.03. The third kappa shape index (κ3) is 4.57. The summed E-state index contributed by atoms with van der Waals surface area (Å²) >= 11 is 1.14. The predicted molar refractivity (Wildman–Crippen MR) is 104 cm³/mol. The molecule has 7 nitrogen and oxygen atoms in total. The highest BCUT2D eigenvalue weighted by molar-refractivity contribution is 7.16. The molecule has 3 aromatic rings. The van der Waals surface area contributed by atoms with Crippen LogP contribution in [0.4, 0.5) is 4.39 Å². The number of carbonyl (C=O) groups excluding carboxylic acids is 3. The van der Waals surface area contributed by atoms with Crippen LogP contribution in [-0.4, -0.2) is 36.1 Å². The number of amides is 1. The van der Waals surface area contributed by atoms with E-state index < -0.39 is 23.7 Å². The van der Waals surface area contributed by atoms with E-state index in [9.17, 15) is 18.8 Å². The van der Waals surface area contributed by atoms with E-state index in [0.29, 0.717) is 15.8 Å². The molecule has 0 N–H and O–H groups in total. The molecular weight excluding hydrogens is 399 g/mol. The van der Waals surface area contributed by atoms with Crippen LogP contribution in [0.25, 0.3) is 10.2 Å². The first kappa shape index (κ1) is 20.4.